The molecule has 2 rings (SSSR count). The summed E-state index contributed by atoms with van der Waals surface area (Å²) in [5, 5.41) is 4.80. The Hall–Kier alpha value is -1.53. The van der Waals surface area contributed by atoms with Crippen LogP contribution in [0.4, 0.5) is 5.69 Å². The number of carbonyl (C=O) groups is 1. The van der Waals surface area contributed by atoms with Gasteiger partial charge in [-0.05, 0) is 39.5 Å². The van der Waals surface area contributed by atoms with Crippen LogP contribution >= 0.6 is 27.3 Å². The Morgan fingerprint density at radius 3 is 2.89 bits per heavy atom. The van der Waals surface area contributed by atoms with Crippen molar-refractivity contribution >= 4 is 38.9 Å². The van der Waals surface area contributed by atoms with E-state index >= 15 is 0 Å². The van der Waals surface area contributed by atoms with Gasteiger partial charge in [-0.1, -0.05) is 6.07 Å². The minimum atomic E-state index is -0.241. The molecule has 3 N–H and O–H groups in total. The predicted molar refractivity (Wildman–Crippen MR) is 80.6 cm³/mol. The fraction of sp³-hybridized carbons (Fsp3) is 0.154. The number of hydrogen-bond acceptors (Lipinski definition) is 4. The highest BCUT2D eigenvalue weighted by Gasteiger charge is 2.15. The van der Waals surface area contributed by atoms with Gasteiger partial charge in [0.1, 0.15) is 11.3 Å². The Morgan fingerprint density at radius 1 is 1.47 bits per heavy atom. The number of anilines is 1. The molecule has 0 fully saturated rings. The van der Waals surface area contributed by atoms with E-state index in [1.165, 1.54) is 7.11 Å². The number of halogens is 1. The van der Waals surface area contributed by atoms with Gasteiger partial charge < -0.3 is 15.8 Å². The van der Waals surface area contributed by atoms with Crippen LogP contribution in [0.25, 0.3) is 0 Å². The zero-order chi connectivity index (χ0) is 13.8. The van der Waals surface area contributed by atoms with E-state index in [-0.39, 0.29) is 5.91 Å². The van der Waals surface area contributed by atoms with Gasteiger partial charge in [0.05, 0.1) is 13.7 Å². The Bertz CT molecular complexity index is 598. The third-order valence-electron chi connectivity index (χ3n) is 2.61. The maximum absolute atomic E-state index is 12.2. The lowest BCUT2D eigenvalue weighted by Gasteiger charge is -2.11. The number of rotatable bonds is 4. The van der Waals surface area contributed by atoms with Gasteiger partial charge in [-0.25, -0.2) is 0 Å². The van der Waals surface area contributed by atoms with E-state index in [0.29, 0.717) is 23.5 Å². The lowest BCUT2D eigenvalue weighted by molar-refractivity contribution is 0.0949. The fourth-order valence-electron chi connectivity index (χ4n) is 1.66. The molecule has 0 aliphatic carbocycles. The third kappa shape index (κ3) is 3.08. The van der Waals surface area contributed by atoms with Crippen molar-refractivity contribution in [2.45, 2.75) is 6.54 Å². The summed E-state index contributed by atoms with van der Waals surface area (Å²) in [4.78, 5) is 13.2. The standard InChI is InChI=1S/C13H13BrN2O2S/c1-18-10-4-2-3-9(15)12(10)13(17)16-7-11-8(14)5-6-19-11/h2-6H,7,15H2,1H3,(H,16,17). The van der Waals surface area contributed by atoms with E-state index in [1.54, 1.807) is 29.5 Å². The summed E-state index contributed by atoms with van der Waals surface area (Å²) in [7, 11) is 1.52. The Kier molecular flexibility index (Phi) is 4.44. The summed E-state index contributed by atoms with van der Waals surface area (Å²) in [5.74, 6) is 0.234. The van der Waals surface area contributed by atoms with E-state index in [2.05, 4.69) is 21.2 Å². The topological polar surface area (TPSA) is 64.3 Å². The first-order valence-corrected chi connectivity index (χ1v) is 7.23. The minimum absolute atomic E-state index is 0.241. The average molecular weight is 341 g/mol. The monoisotopic (exact) mass is 340 g/mol. The van der Waals surface area contributed by atoms with E-state index in [1.807, 2.05) is 11.4 Å². The van der Waals surface area contributed by atoms with Gasteiger partial charge in [-0.15, -0.1) is 11.3 Å². The summed E-state index contributed by atoms with van der Waals surface area (Å²) in [6.45, 7) is 0.453. The number of benzene rings is 1. The maximum Gasteiger partial charge on any atom is 0.257 e. The van der Waals surface area contributed by atoms with Crippen molar-refractivity contribution in [2.75, 3.05) is 12.8 Å². The lowest BCUT2D eigenvalue weighted by Crippen LogP contribution is -2.24. The Balaban J connectivity index is 2.14. The van der Waals surface area contributed by atoms with Crippen LogP contribution in [0.2, 0.25) is 0 Å². The highest BCUT2D eigenvalue weighted by atomic mass is 79.9. The van der Waals surface area contributed by atoms with Crippen molar-refractivity contribution in [1.29, 1.82) is 0 Å². The maximum atomic E-state index is 12.2. The molecule has 0 unspecified atom stereocenters. The second-order valence-corrected chi connectivity index (χ2v) is 5.65. The normalized spacial score (nSPS) is 10.2. The van der Waals surface area contributed by atoms with Crippen molar-refractivity contribution in [2.24, 2.45) is 0 Å². The molecule has 0 aliphatic heterocycles. The van der Waals surface area contributed by atoms with Crippen LogP contribution in [-0.2, 0) is 6.54 Å². The van der Waals surface area contributed by atoms with Crippen LogP contribution in [-0.4, -0.2) is 13.0 Å². The number of thiophene rings is 1. The van der Waals surface area contributed by atoms with Crippen LogP contribution < -0.4 is 15.8 Å². The van der Waals surface area contributed by atoms with Gasteiger partial charge >= 0.3 is 0 Å². The van der Waals surface area contributed by atoms with Crippen molar-refractivity contribution in [1.82, 2.24) is 5.32 Å². The molecule has 100 valence electrons. The second-order valence-electron chi connectivity index (χ2n) is 3.80. The smallest absolute Gasteiger partial charge is 0.257 e. The molecule has 6 heteroatoms. The van der Waals surface area contributed by atoms with E-state index in [4.69, 9.17) is 10.5 Å². The Labute approximate surface area is 123 Å². The number of amides is 1. The molecular formula is C13H13BrN2O2S. The highest BCUT2D eigenvalue weighted by Crippen LogP contribution is 2.25. The first-order chi connectivity index (χ1) is 9.13. The van der Waals surface area contributed by atoms with Crippen molar-refractivity contribution in [3.8, 4) is 5.75 Å². The molecular weight excluding hydrogens is 328 g/mol. The first-order valence-electron chi connectivity index (χ1n) is 5.56. The van der Waals surface area contributed by atoms with Crippen LogP contribution in [0, 0.1) is 0 Å². The molecule has 0 saturated heterocycles. The number of nitrogens with two attached hydrogens (primary N) is 1. The molecule has 4 nitrogen and oxygen atoms in total. The van der Waals surface area contributed by atoms with Crippen LogP contribution in [0.5, 0.6) is 5.75 Å². The minimum Gasteiger partial charge on any atom is -0.496 e. The van der Waals surface area contributed by atoms with E-state index < -0.39 is 0 Å². The predicted octanol–water partition coefficient (Wildman–Crippen LogP) is 3.03. The molecule has 19 heavy (non-hydrogen) atoms. The molecule has 1 heterocycles. The van der Waals surface area contributed by atoms with Crippen LogP contribution in [0.15, 0.2) is 34.1 Å². The number of nitrogens with one attached hydrogen (secondary N) is 1. The summed E-state index contributed by atoms with van der Waals surface area (Å²) in [5.41, 5.74) is 6.61. The zero-order valence-electron chi connectivity index (χ0n) is 10.3. The molecule has 0 radical (unpaired) electrons. The summed E-state index contributed by atoms with van der Waals surface area (Å²) >= 11 is 5.00. The molecule has 1 amide bonds. The molecule has 0 aliphatic rings. The quantitative estimate of drug-likeness (QED) is 0.840. The average Bonchev–Trinajstić information content (AvgIpc) is 2.81. The van der Waals surface area contributed by atoms with Gasteiger partial charge in [0, 0.05) is 15.0 Å². The molecule has 1 aromatic carbocycles. The number of nitrogen functional groups attached to an aromatic ring is 1. The summed E-state index contributed by atoms with van der Waals surface area (Å²) < 4.78 is 6.15. The van der Waals surface area contributed by atoms with Crippen LogP contribution in [0.1, 0.15) is 15.2 Å². The third-order valence-corrected chi connectivity index (χ3v) is 4.53. The molecule has 2 aromatic rings. The zero-order valence-corrected chi connectivity index (χ0v) is 12.7. The molecule has 0 saturated carbocycles. The number of ether oxygens (including phenoxy) is 1. The van der Waals surface area contributed by atoms with Gasteiger partial charge in [-0.2, -0.15) is 0 Å². The van der Waals surface area contributed by atoms with Crippen molar-refractivity contribution < 1.29 is 9.53 Å². The van der Waals surface area contributed by atoms with Crippen molar-refractivity contribution in [3.63, 3.8) is 0 Å². The summed E-state index contributed by atoms with van der Waals surface area (Å²) in [6.07, 6.45) is 0. The number of hydrogen-bond donors (Lipinski definition) is 2. The molecule has 0 atom stereocenters. The van der Waals surface area contributed by atoms with Gasteiger partial charge in [0.2, 0.25) is 0 Å². The highest BCUT2D eigenvalue weighted by molar-refractivity contribution is 9.10. The first kappa shape index (κ1) is 13.9. The fourth-order valence-corrected chi connectivity index (χ4v) is 3.09. The molecule has 1 aromatic heterocycles. The van der Waals surface area contributed by atoms with Gasteiger partial charge in [0.15, 0.2) is 0 Å². The summed E-state index contributed by atoms with van der Waals surface area (Å²) in [6, 6.07) is 7.09. The molecule has 0 bridgehead atoms. The van der Waals surface area contributed by atoms with Gasteiger partial charge in [0.25, 0.3) is 5.91 Å². The molecule has 0 spiro atoms. The lowest BCUT2D eigenvalue weighted by atomic mass is 10.1. The largest absolute Gasteiger partial charge is 0.496 e. The van der Waals surface area contributed by atoms with Gasteiger partial charge in [-0.3, -0.25) is 4.79 Å². The number of carbonyl (C=O) groups excluding carboxylic acids is 1. The van der Waals surface area contributed by atoms with E-state index in [0.717, 1.165) is 9.35 Å². The van der Waals surface area contributed by atoms with E-state index in [9.17, 15) is 4.79 Å². The van der Waals surface area contributed by atoms with Crippen molar-refractivity contribution in [3.05, 3.63) is 44.6 Å². The number of methoxy groups -OCH3 is 1. The Morgan fingerprint density at radius 2 is 2.26 bits per heavy atom. The second kappa shape index (κ2) is 6.08. The van der Waals surface area contributed by atoms with Crippen LogP contribution in [0.3, 0.4) is 0 Å². The SMILES string of the molecule is COc1cccc(N)c1C(=O)NCc1sccc1Br.